The van der Waals surface area contributed by atoms with Crippen LogP contribution < -0.4 is 0 Å². The van der Waals surface area contributed by atoms with Gasteiger partial charge in [-0.3, -0.25) is 4.79 Å². The predicted octanol–water partition coefficient (Wildman–Crippen LogP) is 2.93. The van der Waals surface area contributed by atoms with Crippen LogP contribution in [0.3, 0.4) is 0 Å². The van der Waals surface area contributed by atoms with Gasteiger partial charge in [-0.2, -0.15) is 0 Å². The van der Waals surface area contributed by atoms with Crippen LogP contribution in [-0.2, 0) is 4.79 Å². The van der Waals surface area contributed by atoms with Gasteiger partial charge in [-0.05, 0) is 30.6 Å². The standard InChI is InChI=1S/C13H25NO/c1-9(2)6-13(15)14(5)12-7-11(8-12)10(3)4/h9-12H,6-8H2,1-5H3. The fourth-order valence-electron chi connectivity index (χ4n) is 2.19. The second-order valence-electron chi connectivity index (χ2n) is 5.73. The van der Waals surface area contributed by atoms with Crippen molar-refractivity contribution >= 4 is 5.91 Å². The lowest BCUT2D eigenvalue weighted by molar-refractivity contribution is -0.135. The third-order valence-corrected chi connectivity index (χ3v) is 3.62. The highest BCUT2D eigenvalue weighted by atomic mass is 16.2. The molecule has 2 nitrogen and oxygen atoms in total. The van der Waals surface area contributed by atoms with Crippen molar-refractivity contribution in [2.45, 2.75) is 53.0 Å². The highest BCUT2D eigenvalue weighted by molar-refractivity contribution is 5.76. The van der Waals surface area contributed by atoms with Gasteiger partial charge in [0.15, 0.2) is 0 Å². The first-order chi connectivity index (χ1) is 6.91. The fraction of sp³-hybridized carbons (Fsp3) is 0.923. The molecule has 1 fully saturated rings. The van der Waals surface area contributed by atoms with E-state index < -0.39 is 0 Å². The first kappa shape index (κ1) is 12.5. The van der Waals surface area contributed by atoms with Crippen molar-refractivity contribution in [3.8, 4) is 0 Å². The van der Waals surface area contributed by atoms with E-state index in [0.717, 1.165) is 11.8 Å². The Morgan fingerprint density at radius 1 is 1.27 bits per heavy atom. The van der Waals surface area contributed by atoms with Crippen LogP contribution in [0.2, 0.25) is 0 Å². The molecular weight excluding hydrogens is 186 g/mol. The van der Waals surface area contributed by atoms with E-state index in [4.69, 9.17) is 0 Å². The Kier molecular flexibility index (Phi) is 4.18. The molecule has 0 radical (unpaired) electrons. The Hall–Kier alpha value is -0.530. The summed E-state index contributed by atoms with van der Waals surface area (Å²) in [5.74, 6) is 2.40. The lowest BCUT2D eigenvalue weighted by Crippen LogP contribution is -2.47. The largest absolute Gasteiger partial charge is 0.343 e. The van der Waals surface area contributed by atoms with Crippen molar-refractivity contribution in [2.24, 2.45) is 17.8 Å². The summed E-state index contributed by atoms with van der Waals surface area (Å²) >= 11 is 0. The van der Waals surface area contributed by atoms with Crippen molar-refractivity contribution < 1.29 is 4.79 Å². The number of carbonyl (C=O) groups is 1. The van der Waals surface area contributed by atoms with E-state index in [9.17, 15) is 4.79 Å². The average Bonchev–Trinajstić information content (AvgIpc) is 1.98. The molecule has 0 saturated heterocycles. The number of hydrogen-bond acceptors (Lipinski definition) is 1. The fourth-order valence-corrected chi connectivity index (χ4v) is 2.19. The Morgan fingerprint density at radius 2 is 1.80 bits per heavy atom. The van der Waals surface area contributed by atoms with E-state index in [1.807, 2.05) is 11.9 Å². The minimum Gasteiger partial charge on any atom is -0.343 e. The highest BCUT2D eigenvalue weighted by Gasteiger charge is 2.35. The number of carbonyl (C=O) groups excluding carboxylic acids is 1. The maximum Gasteiger partial charge on any atom is 0.222 e. The molecule has 1 rings (SSSR count). The van der Waals surface area contributed by atoms with E-state index in [-0.39, 0.29) is 0 Å². The first-order valence-corrected chi connectivity index (χ1v) is 6.17. The third-order valence-electron chi connectivity index (χ3n) is 3.62. The van der Waals surface area contributed by atoms with Gasteiger partial charge < -0.3 is 4.90 Å². The highest BCUT2D eigenvalue weighted by Crippen LogP contribution is 2.36. The molecule has 88 valence electrons. The van der Waals surface area contributed by atoms with E-state index >= 15 is 0 Å². The molecule has 0 aromatic carbocycles. The molecule has 0 N–H and O–H groups in total. The number of hydrogen-bond donors (Lipinski definition) is 0. The van der Waals surface area contributed by atoms with E-state index in [0.29, 0.717) is 24.3 Å². The Bertz CT molecular complexity index is 217. The van der Waals surface area contributed by atoms with Gasteiger partial charge in [0.25, 0.3) is 0 Å². The summed E-state index contributed by atoms with van der Waals surface area (Å²) in [4.78, 5) is 13.8. The maximum absolute atomic E-state index is 11.8. The lowest BCUT2D eigenvalue weighted by atomic mass is 9.73. The van der Waals surface area contributed by atoms with Gasteiger partial charge in [-0.1, -0.05) is 27.7 Å². The maximum atomic E-state index is 11.8. The summed E-state index contributed by atoms with van der Waals surface area (Å²) in [6.45, 7) is 8.75. The average molecular weight is 211 g/mol. The normalized spacial score (nSPS) is 25.5. The summed E-state index contributed by atoms with van der Waals surface area (Å²) in [5.41, 5.74) is 0. The topological polar surface area (TPSA) is 20.3 Å². The molecule has 1 aliphatic rings. The molecule has 0 unspecified atom stereocenters. The summed E-state index contributed by atoms with van der Waals surface area (Å²) in [6, 6.07) is 0.517. The van der Waals surface area contributed by atoms with Crippen LogP contribution in [-0.4, -0.2) is 23.9 Å². The van der Waals surface area contributed by atoms with Gasteiger partial charge in [0.2, 0.25) is 5.91 Å². The summed E-state index contributed by atoms with van der Waals surface area (Å²) in [6.07, 6.45) is 3.11. The molecule has 0 heterocycles. The zero-order valence-corrected chi connectivity index (χ0v) is 10.8. The van der Waals surface area contributed by atoms with Gasteiger partial charge in [-0.25, -0.2) is 0 Å². The van der Waals surface area contributed by atoms with Crippen molar-refractivity contribution in [3.63, 3.8) is 0 Å². The molecule has 1 amide bonds. The molecule has 0 aromatic rings. The van der Waals surface area contributed by atoms with Gasteiger partial charge in [-0.15, -0.1) is 0 Å². The zero-order chi connectivity index (χ0) is 11.6. The van der Waals surface area contributed by atoms with Gasteiger partial charge >= 0.3 is 0 Å². The van der Waals surface area contributed by atoms with Crippen LogP contribution in [0, 0.1) is 17.8 Å². The summed E-state index contributed by atoms with van der Waals surface area (Å²) < 4.78 is 0. The van der Waals surface area contributed by atoms with Crippen LogP contribution in [0.5, 0.6) is 0 Å². The minimum atomic E-state index is 0.317. The minimum absolute atomic E-state index is 0.317. The number of rotatable bonds is 4. The zero-order valence-electron chi connectivity index (χ0n) is 10.8. The second-order valence-corrected chi connectivity index (χ2v) is 5.73. The molecule has 15 heavy (non-hydrogen) atoms. The van der Waals surface area contributed by atoms with Crippen LogP contribution in [0.15, 0.2) is 0 Å². The molecule has 0 spiro atoms. The van der Waals surface area contributed by atoms with Crippen LogP contribution >= 0.6 is 0 Å². The molecule has 2 heteroatoms. The predicted molar refractivity (Wildman–Crippen MR) is 63.6 cm³/mol. The molecule has 1 aliphatic carbocycles. The van der Waals surface area contributed by atoms with Crippen molar-refractivity contribution in [2.75, 3.05) is 7.05 Å². The van der Waals surface area contributed by atoms with Gasteiger partial charge in [0, 0.05) is 19.5 Å². The molecule has 0 aromatic heterocycles. The van der Waals surface area contributed by atoms with Crippen LogP contribution in [0.1, 0.15) is 47.0 Å². The van der Waals surface area contributed by atoms with Crippen LogP contribution in [0.4, 0.5) is 0 Å². The van der Waals surface area contributed by atoms with Crippen LogP contribution in [0.25, 0.3) is 0 Å². The monoisotopic (exact) mass is 211 g/mol. The van der Waals surface area contributed by atoms with Crippen molar-refractivity contribution in [1.29, 1.82) is 0 Å². The smallest absolute Gasteiger partial charge is 0.222 e. The summed E-state index contributed by atoms with van der Waals surface area (Å²) in [5, 5.41) is 0. The Balaban J connectivity index is 2.31. The molecule has 0 aliphatic heterocycles. The van der Waals surface area contributed by atoms with E-state index in [1.54, 1.807) is 0 Å². The number of amides is 1. The second kappa shape index (κ2) is 5.00. The molecule has 0 bridgehead atoms. The molecule has 1 saturated carbocycles. The first-order valence-electron chi connectivity index (χ1n) is 6.17. The SMILES string of the molecule is CC(C)CC(=O)N(C)C1CC(C(C)C)C1. The molecule has 0 atom stereocenters. The Labute approximate surface area is 94.0 Å². The van der Waals surface area contributed by atoms with E-state index in [1.165, 1.54) is 12.8 Å². The number of nitrogens with zero attached hydrogens (tertiary/aromatic N) is 1. The lowest BCUT2D eigenvalue weighted by Gasteiger charge is -2.43. The van der Waals surface area contributed by atoms with E-state index in [2.05, 4.69) is 27.7 Å². The van der Waals surface area contributed by atoms with Gasteiger partial charge in [0.05, 0.1) is 0 Å². The summed E-state index contributed by atoms with van der Waals surface area (Å²) in [7, 11) is 1.96. The van der Waals surface area contributed by atoms with Crippen molar-refractivity contribution in [1.82, 2.24) is 4.90 Å². The third kappa shape index (κ3) is 3.22. The Morgan fingerprint density at radius 3 is 2.20 bits per heavy atom. The quantitative estimate of drug-likeness (QED) is 0.700. The van der Waals surface area contributed by atoms with Crippen molar-refractivity contribution in [3.05, 3.63) is 0 Å². The molecular formula is C13H25NO. The van der Waals surface area contributed by atoms with Gasteiger partial charge in [0.1, 0.15) is 0 Å².